The van der Waals surface area contributed by atoms with Gasteiger partial charge in [0.2, 0.25) is 0 Å². The molecule has 0 aromatic rings. The molecule has 0 spiro atoms. The lowest BCUT2D eigenvalue weighted by Gasteiger charge is -2.11. The maximum atomic E-state index is 5.48. The third-order valence-corrected chi connectivity index (χ3v) is 2.13. The van der Waals surface area contributed by atoms with E-state index in [4.69, 9.17) is 9.47 Å². The van der Waals surface area contributed by atoms with Crippen molar-refractivity contribution < 1.29 is 9.47 Å². The molecule has 3 heteroatoms. The molecule has 1 fully saturated rings. The molecule has 0 amide bonds. The summed E-state index contributed by atoms with van der Waals surface area (Å²) in [5, 5.41) is 3.33. The predicted molar refractivity (Wildman–Crippen MR) is 52.9 cm³/mol. The Morgan fingerprint density at radius 3 is 3.00 bits per heavy atom. The molecule has 1 atom stereocenters. The maximum absolute atomic E-state index is 5.48. The fourth-order valence-corrected chi connectivity index (χ4v) is 1.44. The van der Waals surface area contributed by atoms with Gasteiger partial charge in [-0.1, -0.05) is 0 Å². The van der Waals surface area contributed by atoms with E-state index in [1.54, 1.807) is 0 Å². The number of hydrogen-bond acceptors (Lipinski definition) is 3. The molecule has 0 saturated carbocycles. The van der Waals surface area contributed by atoms with Crippen molar-refractivity contribution in [1.82, 2.24) is 5.32 Å². The molecule has 3 nitrogen and oxygen atoms in total. The van der Waals surface area contributed by atoms with Gasteiger partial charge in [-0.05, 0) is 26.7 Å². The van der Waals surface area contributed by atoms with Crippen LogP contribution >= 0.6 is 0 Å². The average molecular weight is 187 g/mol. The normalized spacial score (nSPS) is 22.8. The van der Waals surface area contributed by atoms with Gasteiger partial charge < -0.3 is 14.8 Å². The number of hydrogen-bond donors (Lipinski definition) is 1. The Hall–Kier alpha value is -0.120. The molecular weight excluding hydrogens is 166 g/mol. The Balaban J connectivity index is 1.83. The first kappa shape index (κ1) is 11.0. The molecule has 0 bridgehead atoms. The molecule has 1 aliphatic heterocycles. The van der Waals surface area contributed by atoms with Gasteiger partial charge in [-0.15, -0.1) is 0 Å². The van der Waals surface area contributed by atoms with Gasteiger partial charge in [0.15, 0.2) is 0 Å². The van der Waals surface area contributed by atoms with Gasteiger partial charge in [-0.25, -0.2) is 0 Å². The van der Waals surface area contributed by atoms with Crippen LogP contribution in [0.1, 0.15) is 26.7 Å². The lowest BCUT2D eigenvalue weighted by molar-refractivity contribution is 0.0746. The summed E-state index contributed by atoms with van der Waals surface area (Å²) in [6, 6.07) is 0. The van der Waals surface area contributed by atoms with Crippen molar-refractivity contribution in [3.05, 3.63) is 0 Å². The molecule has 0 aromatic heterocycles. The summed E-state index contributed by atoms with van der Waals surface area (Å²) in [5.74, 6) is 0. The summed E-state index contributed by atoms with van der Waals surface area (Å²) >= 11 is 0. The van der Waals surface area contributed by atoms with Gasteiger partial charge in [0.25, 0.3) is 0 Å². The lowest BCUT2D eigenvalue weighted by Crippen LogP contribution is -2.29. The second-order valence-corrected chi connectivity index (χ2v) is 3.76. The first-order chi connectivity index (χ1) is 6.29. The van der Waals surface area contributed by atoms with Gasteiger partial charge in [0.05, 0.1) is 18.8 Å². The number of nitrogens with one attached hydrogen (secondary N) is 1. The Labute approximate surface area is 80.8 Å². The molecule has 0 aromatic carbocycles. The Morgan fingerprint density at radius 1 is 1.54 bits per heavy atom. The molecule has 1 rings (SSSR count). The van der Waals surface area contributed by atoms with Crippen molar-refractivity contribution in [2.45, 2.75) is 38.9 Å². The first-order valence-electron chi connectivity index (χ1n) is 5.23. The Morgan fingerprint density at radius 2 is 2.38 bits per heavy atom. The summed E-state index contributed by atoms with van der Waals surface area (Å²) < 4.78 is 10.9. The highest BCUT2D eigenvalue weighted by atomic mass is 16.5. The number of rotatable bonds is 6. The monoisotopic (exact) mass is 187 g/mol. The Bertz CT molecular complexity index is 122. The second-order valence-electron chi connectivity index (χ2n) is 3.76. The first-order valence-corrected chi connectivity index (χ1v) is 5.23. The smallest absolute Gasteiger partial charge is 0.0700 e. The Kier molecular flexibility index (Phi) is 5.35. The topological polar surface area (TPSA) is 30.5 Å². The van der Waals surface area contributed by atoms with E-state index in [2.05, 4.69) is 19.2 Å². The standard InChI is InChI=1S/C10H21NO2/c1-9(2)12-7-5-11-8-10-4-3-6-13-10/h9-11H,3-8H2,1-2H3. The summed E-state index contributed by atoms with van der Waals surface area (Å²) in [4.78, 5) is 0. The van der Waals surface area contributed by atoms with Gasteiger partial charge >= 0.3 is 0 Å². The van der Waals surface area contributed by atoms with Crippen LogP contribution in [0.3, 0.4) is 0 Å². The minimum Gasteiger partial charge on any atom is -0.377 e. The second kappa shape index (κ2) is 6.35. The minimum absolute atomic E-state index is 0.338. The molecule has 1 aliphatic rings. The van der Waals surface area contributed by atoms with Gasteiger partial charge in [0.1, 0.15) is 0 Å². The summed E-state index contributed by atoms with van der Waals surface area (Å²) in [6.45, 7) is 7.75. The SMILES string of the molecule is CC(C)OCCNCC1CCCO1. The van der Waals surface area contributed by atoms with Crippen molar-refractivity contribution in [3.8, 4) is 0 Å². The molecule has 1 unspecified atom stereocenters. The molecule has 1 saturated heterocycles. The van der Waals surface area contributed by atoms with Crippen molar-refractivity contribution in [2.24, 2.45) is 0 Å². The summed E-state index contributed by atoms with van der Waals surface area (Å²) in [6.07, 6.45) is 3.20. The van der Waals surface area contributed by atoms with Crippen LogP contribution in [0.2, 0.25) is 0 Å². The van der Waals surface area contributed by atoms with E-state index >= 15 is 0 Å². The van der Waals surface area contributed by atoms with Gasteiger partial charge in [-0.3, -0.25) is 0 Å². The van der Waals surface area contributed by atoms with Crippen LogP contribution < -0.4 is 5.32 Å². The van der Waals surface area contributed by atoms with Crippen LogP contribution in [0.4, 0.5) is 0 Å². The summed E-state index contributed by atoms with van der Waals surface area (Å²) in [7, 11) is 0. The summed E-state index contributed by atoms with van der Waals surface area (Å²) in [5.41, 5.74) is 0. The van der Waals surface area contributed by atoms with Crippen molar-refractivity contribution >= 4 is 0 Å². The molecular formula is C10H21NO2. The van der Waals surface area contributed by atoms with E-state index in [1.165, 1.54) is 12.8 Å². The molecule has 0 radical (unpaired) electrons. The van der Waals surface area contributed by atoms with Gasteiger partial charge in [0, 0.05) is 19.7 Å². The van der Waals surface area contributed by atoms with Crippen LogP contribution in [-0.2, 0) is 9.47 Å². The van der Waals surface area contributed by atoms with Crippen LogP contribution in [0.5, 0.6) is 0 Å². The maximum Gasteiger partial charge on any atom is 0.0700 e. The third-order valence-electron chi connectivity index (χ3n) is 2.13. The fraction of sp³-hybridized carbons (Fsp3) is 1.00. The molecule has 0 aliphatic carbocycles. The quantitative estimate of drug-likeness (QED) is 0.633. The zero-order valence-electron chi connectivity index (χ0n) is 8.71. The highest BCUT2D eigenvalue weighted by Gasteiger charge is 2.13. The minimum atomic E-state index is 0.338. The van der Waals surface area contributed by atoms with E-state index in [9.17, 15) is 0 Å². The number of ether oxygens (including phenoxy) is 2. The van der Waals surface area contributed by atoms with E-state index in [1.807, 2.05) is 0 Å². The zero-order chi connectivity index (χ0) is 9.52. The van der Waals surface area contributed by atoms with Crippen molar-refractivity contribution in [3.63, 3.8) is 0 Å². The highest BCUT2D eigenvalue weighted by molar-refractivity contribution is 4.66. The predicted octanol–water partition coefficient (Wildman–Crippen LogP) is 1.18. The third kappa shape index (κ3) is 5.24. The van der Waals surface area contributed by atoms with Crippen LogP contribution in [0.15, 0.2) is 0 Å². The van der Waals surface area contributed by atoms with Crippen molar-refractivity contribution in [2.75, 3.05) is 26.3 Å². The van der Waals surface area contributed by atoms with Crippen LogP contribution in [0.25, 0.3) is 0 Å². The fourth-order valence-electron chi connectivity index (χ4n) is 1.44. The van der Waals surface area contributed by atoms with Gasteiger partial charge in [-0.2, -0.15) is 0 Å². The molecule has 78 valence electrons. The van der Waals surface area contributed by atoms with E-state index < -0.39 is 0 Å². The zero-order valence-corrected chi connectivity index (χ0v) is 8.71. The molecule has 1 heterocycles. The van der Waals surface area contributed by atoms with E-state index in [-0.39, 0.29) is 0 Å². The van der Waals surface area contributed by atoms with Crippen LogP contribution in [0, 0.1) is 0 Å². The van der Waals surface area contributed by atoms with E-state index in [0.717, 1.165) is 26.3 Å². The molecule has 13 heavy (non-hydrogen) atoms. The average Bonchev–Trinajstić information content (AvgIpc) is 2.55. The largest absolute Gasteiger partial charge is 0.377 e. The van der Waals surface area contributed by atoms with Crippen LogP contribution in [-0.4, -0.2) is 38.5 Å². The highest BCUT2D eigenvalue weighted by Crippen LogP contribution is 2.10. The lowest BCUT2D eigenvalue weighted by atomic mass is 10.2. The van der Waals surface area contributed by atoms with Crippen molar-refractivity contribution in [1.29, 1.82) is 0 Å². The van der Waals surface area contributed by atoms with E-state index in [0.29, 0.717) is 12.2 Å². The molecule has 1 N–H and O–H groups in total.